The second-order valence-corrected chi connectivity index (χ2v) is 8.52. The average molecular weight is 428 g/mol. The van der Waals surface area contributed by atoms with Gasteiger partial charge in [-0.15, -0.1) is 0 Å². The lowest BCUT2D eigenvalue weighted by molar-refractivity contribution is 0.355. The number of methoxy groups -OCH3 is 3. The van der Waals surface area contributed by atoms with Crippen LogP contribution in [0.2, 0.25) is 0 Å². The highest BCUT2D eigenvalue weighted by molar-refractivity contribution is 7.92. The number of rotatable bonds is 8. The Hall–Kier alpha value is -3.19. The third-order valence-corrected chi connectivity index (χ3v) is 6.67. The van der Waals surface area contributed by atoms with Gasteiger partial charge in [0.15, 0.2) is 11.5 Å². The predicted octanol–water partition coefficient (Wildman–Crippen LogP) is 4.42. The smallest absolute Gasteiger partial charge is 0.264 e. The zero-order valence-corrected chi connectivity index (χ0v) is 18.3. The molecule has 0 aliphatic rings. The zero-order valence-electron chi connectivity index (χ0n) is 17.5. The van der Waals surface area contributed by atoms with Gasteiger partial charge in [0, 0.05) is 6.07 Å². The molecule has 0 spiro atoms. The van der Waals surface area contributed by atoms with Gasteiger partial charge in [-0.25, -0.2) is 8.42 Å². The summed E-state index contributed by atoms with van der Waals surface area (Å²) in [6.45, 7) is 2.14. The van der Waals surface area contributed by atoms with E-state index in [2.05, 4.69) is 0 Å². The fraction of sp³-hybridized carbons (Fsp3) is 0.217. The summed E-state index contributed by atoms with van der Waals surface area (Å²) in [7, 11) is 0.740. The van der Waals surface area contributed by atoms with Crippen molar-refractivity contribution in [1.29, 1.82) is 0 Å². The van der Waals surface area contributed by atoms with Gasteiger partial charge in [0.2, 0.25) is 0 Å². The number of hydrogen-bond acceptors (Lipinski definition) is 5. The maximum atomic E-state index is 13.6. The molecule has 3 aromatic rings. The predicted molar refractivity (Wildman–Crippen MR) is 117 cm³/mol. The number of sulfonamides is 1. The van der Waals surface area contributed by atoms with Crippen LogP contribution in [-0.4, -0.2) is 29.7 Å². The van der Waals surface area contributed by atoms with Gasteiger partial charge in [-0.3, -0.25) is 4.31 Å². The Morgan fingerprint density at radius 3 is 2.07 bits per heavy atom. The van der Waals surface area contributed by atoms with Crippen LogP contribution < -0.4 is 18.5 Å². The van der Waals surface area contributed by atoms with E-state index in [1.54, 1.807) is 42.5 Å². The minimum absolute atomic E-state index is 0.173. The quantitative estimate of drug-likeness (QED) is 0.533. The fourth-order valence-corrected chi connectivity index (χ4v) is 4.55. The molecule has 0 atom stereocenters. The highest BCUT2D eigenvalue weighted by atomic mass is 32.2. The molecule has 0 aliphatic heterocycles. The molecule has 0 unspecified atom stereocenters. The van der Waals surface area contributed by atoms with E-state index >= 15 is 0 Å². The third kappa shape index (κ3) is 4.36. The van der Waals surface area contributed by atoms with E-state index in [0.717, 1.165) is 11.1 Å². The lowest BCUT2D eigenvalue weighted by atomic mass is 10.1. The van der Waals surface area contributed by atoms with Crippen LogP contribution in [0.4, 0.5) is 5.69 Å². The number of nitrogens with zero attached hydrogens (tertiary/aromatic N) is 1. The van der Waals surface area contributed by atoms with E-state index in [1.807, 2.05) is 31.2 Å². The van der Waals surface area contributed by atoms with Crippen molar-refractivity contribution in [2.75, 3.05) is 25.6 Å². The van der Waals surface area contributed by atoms with E-state index in [0.29, 0.717) is 22.9 Å². The normalized spacial score (nSPS) is 11.1. The maximum Gasteiger partial charge on any atom is 0.264 e. The summed E-state index contributed by atoms with van der Waals surface area (Å²) < 4.78 is 44.4. The van der Waals surface area contributed by atoms with Crippen LogP contribution in [0.1, 0.15) is 11.1 Å². The van der Waals surface area contributed by atoms with Gasteiger partial charge >= 0.3 is 0 Å². The molecule has 30 heavy (non-hydrogen) atoms. The first-order valence-corrected chi connectivity index (χ1v) is 10.8. The van der Waals surface area contributed by atoms with Crippen molar-refractivity contribution in [3.05, 3.63) is 77.9 Å². The lowest BCUT2D eigenvalue weighted by Crippen LogP contribution is -2.31. The highest BCUT2D eigenvalue weighted by Crippen LogP contribution is 2.35. The molecule has 0 N–H and O–H groups in total. The van der Waals surface area contributed by atoms with E-state index in [1.165, 1.54) is 25.6 Å². The molecular formula is C23H25NO5S. The number of aryl methyl sites for hydroxylation is 1. The summed E-state index contributed by atoms with van der Waals surface area (Å²) in [4.78, 5) is 0.173. The molecule has 0 heterocycles. The Kier molecular flexibility index (Phi) is 6.52. The first kappa shape index (κ1) is 21.5. The summed E-state index contributed by atoms with van der Waals surface area (Å²) >= 11 is 0. The van der Waals surface area contributed by atoms with Crippen LogP contribution in [0, 0.1) is 6.92 Å². The minimum atomic E-state index is -3.86. The molecule has 0 saturated carbocycles. The SMILES string of the molecule is COc1ccc(S(=O)(=O)N(Cc2ccccc2C)c2ccc(OC)c(OC)c2)cc1. The monoisotopic (exact) mass is 427 g/mol. The standard InChI is InChI=1S/C23H25NO5S/c1-17-7-5-6-8-18(17)16-24(19-9-14-22(28-3)23(15-19)29-4)30(25,26)21-12-10-20(27-2)11-13-21/h5-15H,16H2,1-4H3. The summed E-state index contributed by atoms with van der Waals surface area (Å²) in [5, 5.41) is 0. The Bertz CT molecular complexity index is 1110. The first-order chi connectivity index (χ1) is 14.4. The molecule has 6 nitrogen and oxygen atoms in total. The van der Waals surface area contributed by atoms with Crippen LogP contribution in [-0.2, 0) is 16.6 Å². The zero-order chi connectivity index (χ0) is 21.7. The first-order valence-electron chi connectivity index (χ1n) is 9.34. The number of ether oxygens (including phenoxy) is 3. The molecule has 7 heteroatoms. The van der Waals surface area contributed by atoms with Crippen LogP contribution in [0.15, 0.2) is 71.6 Å². The highest BCUT2D eigenvalue weighted by Gasteiger charge is 2.26. The van der Waals surface area contributed by atoms with Crippen molar-refractivity contribution in [2.24, 2.45) is 0 Å². The largest absolute Gasteiger partial charge is 0.497 e. The topological polar surface area (TPSA) is 65.1 Å². The second kappa shape index (κ2) is 9.09. The Morgan fingerprint density at radius 2 is 1.47 bits per heavy atom. The molecule has 3 rings (SSSR count). The van der Waals surface area contributed by atoms with Gasteiger partial charge in [-0.2, -0.15) is 0 Å². The molecule has 3 aromatic carbocycles. The molecule has 0 bridgehead atoms. The van der Waals surface area contributed by atoms with Gasteiger partial charge in [0.1, 0.15) is 5.75 Å². The molecule has 0 aliphatic carbocycles. The number of benzene rings is 3. The summed E-state index contributed by atoms with van der Waals surface area (Å²) in [5.74, 6) is 1.57. The van der Waals surface area contributed by atoms with Crippen molar-refractivity contribution in [3.8, 4) is 17.2 Å². The van der Waals surface area contributed by atoms with E-state index in [-0.39, 0.29) is 11.4 Å². The molecule has 0 radical (unpaired) electrons. The second-order valence-electron chi connectivity index (χ2n) is 6.65. The fourth-order valence-electron chi connectivity index (χ4n) is 3.11. The summed E-state index contributed by atoms with van der Waals surface area (Å²) in [5.41, 5.74) is 2.39. The van der Waals surface area contributed by atoms with Crippen LogP contribution >= 0.6 is 0 Å². The summed E-state index contributed by atoms with van der Waals surface area (Å²) in [6.07, 6.45) is 0. The van der Waals surface area contributed by atoms with Gasteiger partial charge in [0.25, 0.3) is 10.0 Å². The van der Waals surface area contributed by atoms with Gasteiger partial charge in [0.05, 0.1) is 38.5 Å². The van der Waals surface area contributed by atoms with E-state index in [4.69, 9.17) is 14.2 Å². The van der Waals surface area contributed by atoms with Crippen molar-refractivity contribution in [3.63, 3.8) is 0 Å². The molecule has 0 fully saturated rings. The molecule has 0 saturated heterocycles. The third-order valence-electron chi connectivity index (χ3n) is 4.88. The Morgan fingerprint density at radius 1 is 0.800 bits per heavy atom. The van der Waals surface area contributed by atoms with Crippen LogP contribution in [0.5, 0.6) is 17.2 Å². The van der Waals surface area contributed by atoms with E-state index in [9.17, 15) is 8.42 Å². The Balaban J connectivity index is 2.12. The van der Waals surface area contributed by atoms with Crippen molar-refractivity contribution < 1.29 is 22.6 Å². The van der Waals surface area contributed by atoms with Gasteiger partial charge in [-0.05, 0) is 54.4 Å². The van der Waals surface area contributed by atoms with E-state index < -0.39 is 10.0 Å². The van der Waals surface area contributed by atoms with Crippen LogP contribution in [0.3, 0.4) is 0 Å². The van der Waals surface area contributed by atoms with Crippen molar-refractivity contribution in [1.82, 2.24) is 0 Å². The maximum absolute atomic E-state index is 13.6. The number of anilines is 1. The molecule has 0 aromatic heterocycles. The van der Waals surface area contributed by atoms with Crippen molar-refractivity contribution in [2.45, 2.75) is 18.4 Å². The Labute approximate surface area is 177 Å². The van der Waals surface area contributed by atoms with Gasteiger partial charge in [-0.1, -0.05) is 24.3 Å². The molecule has 0 amide bonds. The average Bonchev–Trinajstić information content (AvgIpc) is 2.78. The number of hydrogen-bond donors (Lipinski definition) is 0. The van der Waals surface area contributed by atoms with Gasteiger partial charge < -0.3 is 14.2 Å². The lowest BCUT2D eigenvalue weighted by Gasteiger charge is -2.26. The molecule has 158 valence electrons. The molecular weight excluding hydrogens is 402 g/mol. The van der Waals surface area contributed by atoms with Crippen LogP contribution in [0.25, 0.3) is 0 Å². The van der Waals surface area contributed by atoms with Crippen molar-refractivity contribution >= 4 is 15.7 Å². The minimum Gasteiger partial charge on any atom is -0.497 e. The summed E-state index contributed by atoms with van der Waals surface area (Å²) in [6, 6.07) is 19.1.